The molecule has 1 aliphatic heterocycles. The molecule has 0 unspecified atom stereocenters. The van der Waals surface area contributed by atoms with Crippen LogP contribution in [0.5, 0.6) is 5.75 Å². The number of carboxylic acid groups (broad SMARTS) is 1. The first-order valence-electron chi connectivity index (χ1n) is 10.6. The molecule has 0 radical (unpaired) electrons. The van der Waals surface area contributed by atoms with Crippen LogP contribution in [0.3, 0.4) is 0 Å². The third-order valence-corrected chi connectivity index (χ3v) is 5.67. The van der Waals surface area contributed by atoms with E-state index in [-0.39, 0.29) is 34.7 Å². The zero-order valence-electron chi connectivity index (χ0n) is 19.5. The highest BCUT2D eigenvalue weighted by molar-refractivity contribution is 6.05. The minimum atomic E-state index is -1.15. The smallest absolute Gasteiger partial charge is 0.409 e. The number of amidine groups is 1. The van der Waals surface area contributed by atoms with Crippen LogP contribution in [0.1, 0.15) is 74.2 Å². The van der Waals surface area contributed by atoms with Crippen LogP contribution in [-0.2, 0) is 17.4 Å². The summed E-state index contributed by atoms with van der Waals surface area (Å²) in [7, 11) is 0. The van der Waals surface area contributed by atoms with Crippen LogP contribution >= 0.6 is 0 Å². The van der Waals surface area contributed by atoms with Crippen molar-refractivity contribution >= 4 is 23.4 Å². The quantitative estimate of drug-likeness (QED) is 0.497. The number of nitrogens with zero attached hydrogens (tertiary/aromatic N) is 1. The molecule has 0 fully saturated rings. The molecule has 7 heteroatoms. The fourth-order valence-electron chi connectivity index (χ4n) is 3.95. The van der Waals surface area contributed by atoms with E-state index in [0.29, 0.717) is 23.4 Å². The Hall–Kier alpha value is -3.35. The highest BCUT2D eigenvalue weighted by atomic mass is 16.4. The summed E-state index contributed by atoms with van der Waals surface area (Å²) in [6.45, 7) is 12.4. The third kappa shape index (κ3) is 4.61. The van der Waals surface area contributed by atoms with Gasteiger partial charge in [-0.1, -0.05) is 41.5 Å². The minimum absolute atomic E-state index is 0.0210. The maximum absolute atomic E-state index is 13.3. The van der Waals surface area contributed by atoms with Gasteiger partial charge in [0.05, 0.1) is 6.54 Å². The summed E-state index contributed by atoms with van der Waals surface area (Å²) in [5.41, 5.74) is 3.18. The number of hydrogen-bond acceptors (Lipinski definition) is 4. The molecule has 2 aromatic rings. The predicted octanol–water partition coefficient (Wildman–Crippen LogP) is 5.10. The standard InChI is InChI=1S/C25H31N3O4/c1-24(2,3)18-10-14(11-19(21(18)30)25(4,5)6)20(29)13-28-12-15-9-16(27-23(31)32)7-8-17(15)22(28)26/h7-11,26-27,30H,12-13H2,1-6H3,(H,31,32). The summed E-state index contributed by atoms with van der Waals surface area (Å²) in [5, 5.41) is 30.6. The highest BCUT2D eigenvalue weighted by Gasteiger charge is 2.30. The number of phenolic OH excluding ortho intramolecular Hbond substituents is 1. The lowest BCUT2D eigenvalue weighted by Crippen LogP contribution is -2.30. The number of hydrogen-bond donors (Lipinski definition) is 4. The van der Waals surface area contributed by atoms with Gasteiger partial charge in [0.1, 0.15) is 11.6 Å². The Bertz CT molecular complexity index is 1070. The van der Waals surface area contributed by atoms with Gasteiger partial charge in [-0.05, 0) is 46.7 Å². The molecule has 3 rings (SSSR count). The van der Waals surface area contributed by atoms with Crippen molar-refractivity contribution in [2.24, 2.45) is 0 Å². The number of amides is 1. The number of phenols is 1. The van der Waals surface area contributed by atoms with E-state index < -0.39 is 6.09 Å². The number of benzene rings is 2. The summed E-state index contributed by atoms with van der Waals surface area (Å²) in [6.07, 6.45) is -1.15. The highest BCUT2D eigenvalue weighted by Crippen LogP contribution is 2.40. The molecule has 0 aromatic heterocycles. The van der Waals surface area contributed by atoms with Crippen LogP contribution in [0.25, 0.3) is 0 Å². The number of ketones is 1. The number of Topliss-reactive ketones (excluding diaryl/α,β-unsaturated/α-hetero) is 1. The zero-order chi connectivity index (χ0) is 24.0. The topological polar surface area (TPSA) is 114 Å². The fourth-order valence-corrected chi connectivity index (χ4v) is 3.95. The summed E-state index contributed by atoms with van der Waals surface area (Å²) >= 11 is 0. The first kappa shape index (κ1) is 23.3. The van der Waals surface area contributed by atoms with Crippen molar-refractivity contribution in [3.05, 3.63) is 58.1 Å². The minimum Gasteiger partial charge on any atom is -0.507 e. The summed E-state index contributed by atoms with van der Waals surface area (Å²) in [5.74, 6) is 0.324. The average molecular weight is 438 g/mol. The molecular weight excluding hydrogens is 406 g/mol. The zero-order valence-corrected chi connectivity index (χ0v) is 19.5. The molecule has 0 saturated heterocycles. The Kier molecular flexibility index (Phi) is 5.80. The SMILES string of the molecule is CC(C)(C)c1cc(C(=O)CN2Cc3cc(NC(=O)O)ccc3C2=N)cc(C(C)(C)C)c1O. The van der Waals surface area contributed by atoms with E-state index in [2.05, 4.69) is 5.32 Å². The molecule has 2 aromatic carbocycles. The normalized spacial score (nSPS) is 13.8. The van der Waals surface area contributed by atoms with Crippen LogP contribution in [0.4, 0.5) is 10.5 Å². The lowest BCUT2D eigenvalue weighted by atomic mass is 9.78. The van der Waals surface area contributed by atoms with Crippen LogP contribution < -0.4 is 5.32 Å². The molecule has 4 N–H and O–H groups in total. The van der Waals surface area contributed by atoms with E-state index in [4.69, 9.17) is 10.5 Å². The molecule has 1 aliphatic rings. The molecule has 0 saturated carbocycles. The van der Waals surface area contributed by atoms with Gasteiger partial charge in [-0.3, -0.25) is 15.5 Å². The van der Waals surface area contributed by atoms with E-state index in [9.17, 15) is 14.7 Å². The van der Waals surface area contributed by atoms with Crippen molar-refractivity contribution in [3.8, 4) is 5.75 Å². The molecule has 170 valence electrons. The number of rotatable bonds is 4. The van der Waals surface area contributed by atoms with Crippen molar-refractivity contribution in [1.82, 2.24) is 4.90 Å². The van der Waals surface area contributed by atoms with Crippen LogP contribution in [-0.4, -0.2) is 39.4 Å². The van der Waals surface area contributed by atoms with E-state index in [1.807, 2.05) is 41.5 Å². The van der Waals surface area contributed by atoms with Crippen molar-refractivity contribution in [2.75, 3.05) is 11.9 Å². The monoisotopic (exact) mass is 437 g/mol. The second kappa shape index (κ2) is 7.97. The van der Waals surface area contributed by atoms with Gasteiger partial charge in [-0.15, -0.1) is 0 Å². The van der Waals surface area contributed by atoms with Crippen molar-refractivity contribution in [2.45, 2.75) is 58.9 Å². The molecule has 7 nitrogen and oxygen atoms in total. The van der Waals surface area contributed by atoms with Gasteiger partial charge in [-0.2, -0.15) is 0 Å². The van der Waals surface area contributed by atoms with Crippen molar-refractivity contribution in [1.29, 1.82) is 5.41 Å². The second-order valence-electron chi connectivity index (χ2n) is 10.3. The van der Waals surface area contributed by atoms with Gasteiger partial charge in [0.25, 0.3) is 0 Å². The predicted molar refractivity (Wildman–Crippen MR) is 125 cm³/mol. The average Bonchev–Trinajstić information content (AvgIpc) is 2.94. The first-order chi connectivity index (χ1) is 14.7. The van der Waals surface area contributed by atoms with Gasteiger partial charge < -0.3 is 15.1 Å². The van der Waals surface area contributed by atoms with Crippen LogP contribution in [0.15, 0.2) is 30.3 Å². The Morgan fingerprint density at radius 3 is 2.09 bits per heavy atom. The number of aromatic hydroxyl groups is 1. The summed E-state index contributed by atoms with van der Waals surface area (Å²) in [4.78, 5) is 25.8. The van der Waals surface area contributed by atoms with Gasteiger partial charge in [0, 0.05) is 34.5 Å². The van der Waals surface area contributed by atoms with Gasteiger partial charge in [0.2, 0.25) is 0 Å². The molecule has 32 heavy (non-hydrogen) atoms. The third-order valence-electron chi connectivity index (χ3n) is 5.67. The molecule has 0 bridgehead atoms. The molecule has 0 atom stereocenters. The fraction of sp³-hybridized carbons (Fsp3) is 0.400. The Labute approximate surface area is 188 Å². The van der Waals surface area contributed by atoms with Crippen LogP contribution in [0.2, 0.25) is 0 Å². The lowest BCUT2D eigenvalue weighted by molar-refractivity contribution is 0.0962. The molecule has 1 amide bonds. The number of anilines is 1. The summed E-state index contributed by atoms with van der Waals surface area (Å²) in [6, 6.07) is 8.52. The van der Waals surface area contributed by atoms with Crippen molar-refractivity contribution in [3.63, 3.8) is 0 Å². The molecule has 1 heterocycles. The van der Waals surface area contributed by atoms with E-state index in [1.165, 1.54) is 0 Å². The number of nitrogens with one attached hydrogen (secondary N) is 2. The number of carbonyl (C=O) groups excluding carboxylic acids is 1. The molecule has 0 spiro atoms. The molecular formula is C25H31N3O4. The maximum atomic E-state index is 13.3. The summed E-state index contributed by atoms with van der Waals surface area (Å²) < 4.78 is 0. The number of fused-ring (bicyclic) bond motifs is 1. The lowest BCUT2D eigenvalue weighted by Gasteiger charge is -2.28. The van der Waals surface area contributed by atoms with Gasteiger partial charge in [-0.25, -0.2) is 4.79 Å². The maximum Gasteiger partial charge on any atom is 0.409 e. The van der Waals surface area contributed by atoms with E-state index in [1.54, 1.807) is 35.2 Å². The Balaban J connectivity index is 1.90. The van der Waals surface area contributed by atoms with Crippen molar-refractivity contribution < 1.29 is 19.8 Å². The van der Waals surface area contributed by atoms with E-state index >= 15 is 0 Å². The molecule has 0 aliphatic carbocycles. The second-order valence-corrected chi connectivity index (χ2v) is 10.3. The Morgan fingerprint density at radius 2 is 1.59 bits per heavy atom. The first-order valence-corrected chi connectivity index (χ1v) is 10.6. The van der Waals surface area contributed by atoms with Crippen LogP contribution in [0, 0.1) is 5.41 Å². The number of carbonyl (C=O) groups is 2. The Morgan fingerprint density at radius 1 is 1.03 bits per heavy atom. The largest absolute Gasteiger partial charge is 0.507 e. The van der Waals surface area contributed by atoms with Gasteiger partial charge >= 0.3 is 6.09 Å². The van der Waals surface area contributed by atoms with Gasteiger partial charge in [0.15, 0.2) is 5.78 Å². The van der Waals surface area contributed by atoms with E-state index in [0.717, 1.165) is 16.7 Å².